The molecule has 0 saturated carbocycles. The van der Waals surface area contributed by atoms with Crippen molar-refractivity contribution in [3.8, 4) is 0 Å². The minimum atomic E-state index is -0.379. The Balaban J connectivity index is 2.79. The summed E-state index contributed by atoms with van der Waals surface area (Å²) in [6, 6.07) is 6.71. The molecule has 0 atom stereocenters. The highest BCUT2D eigenvalue weighted by molar-refractivity contribution is 5.37. The van der Waals surface area contributed by atoms with Gasteiger partial charge in [0.25, 0.3) is 5.69 Å². The molecule has 3 heteroatoms. The Bertz CT molecular complexity index is 647. The number of nitro benzene ring substituents is 1. The van der Waals surface area contributed by atoms with E-state index < -0.39 is 0 Å². The van der Waals surface area contributed by atoms with Gasteiger partial charge in [-0.3, -0.25) is 10.1 Å². The predicted octanol–water partition coefficient (Wildman–Crippen LogP) is 5.55. The summed E-state index contributed by atoms with van der Waals surface area (Å²) in [6.45, 7) is 12.0. The molecule has 22 heavy (non-hydrogen) atoms. The van der Waals surface area contributed by atoms with Crippen LogP contribution in [0.3, 0.4) is 0 Å². The van der Waals surface area contributed by atoms with E-state index in [9.17, 15) is 10.1 Å². The summed E-state index contributed by atoms with van der Waals surface area (Å²) in [7, 11) is 0. The summed E-state index contributed by atoms with van der Waals surface area (Å²) in [5.41, 5.74) is 5.79. The smallest absolute Gasteiger partial charge is 0.258 e. The van der Waals surface area contributed by atoms with E-state index in [1.807, 2.05) is 13.0 Å². The summed E-state index contributed by atoms with van der Waals surface area (Å²) in [6.07, 6.45) is 7.08. The van der Waals surface area contributed by atoms with Crippen LogP contribution in [0.1, 0.15) is 33.3 Å². The summed E-state index contributed by atoms with van der Waals surface area (Å²) < 4.78 is 0. The Morgan fingerprint density at radius 1 is 1.05 bits per heavy atom. The fourth-order valence-corrected chi connectivity index (χ4v) is 2.33. The van der Waals surface area contributed by atoms with Gasteiger partial charge in [0.1, 0.15) is 0 Å². The zero-order valence-electron chi connectivity index (χ0n) is 13.7. The van der Waals surface area contributed by atoms with E-state index in [4.69, 9.17) is 0 Å². The van der Waals surface area contributed by atoms with Crippen LogP contribution in [0.2, 0.25) is 0 Å². The second kappa shape index (κ2) is 8.13. The molecule has 0 N–H and O–H groups in total. The van der Waals surface area contributed by atoms with Crippen LogP contribution < -0.4 is 0 Å². The number of nitro groups is 1. The number of rotatable bonds is 6. The SMILES string of the molecule is C=C(C)/C=C(C)/C=C(C)/C=C(\C)Cc1ccc([N+](=O)[O-])cc1. The van der Waals surface area contributed by atoms with Gasteiger partial charge >= 0.3 is 0 Å². The fraction of sp³-hybridized carbons (Fsp3) is 0.263. The molecule has 0 aromatic heterocycles. The molecule has 1 aromatic rings. The molecule has 0 aliphatic carbocycles. The largest absolute Gasteiger partial charge is 0.269 e. The van der Waals surface area contributed by atoms with E-state index in [-0.39, 0.29) is 10.6 Å². The van der Waals surface area contributed by atoms with Crippen molar-refractivity contribution in [2.75, 3.05) is 0 Å². The van der Waals surface area contributed by atoms with Gasteiger partial charge in [0.2, 0.25) is 0 Å². The van der Waals surface area contributed by atoms with Crippen LogP contribution in [-0.4, -0.2) is 4.92 Å². The van der Waals surface area contributed by atoms with Gasteiger partial charge in [-0.1, -0.05) is 59.2 Å². The third-order valence-electron chi connectivity index (χ3n) is 3.03. The van der Waals surface area contributed by atoms with Gasteiger partial charge in [-0.15, -0.1) is 0 Å². The van der Waals surface area contributed by atoms with Crippen molar-refractivity contribution < 1.29 is 4.92 Å². The van der Waals surface area contributed by atoms with Crippen molar-refractivity contribution in [2.24, 2.45) is 0 Å². The van der Waals surface area contributed by atoms with Crippen molar-refractivity contribution in [2.45, 2.75) is 34.1 Å². The second-order valence-electron chi connectivity index (χ2n) is 5.71. The normalized spacial score (nSPS) is 13.2. The van der Waals surface area contributed by atoms with Crippen molar-refractivity contribution in [1.82, 2.24) is 0 Å². The van der Waals surface area contributed by atoms with Gasteiger partial charge in [0.05, 0.1) is 4.92 Å². The highest BCUT2D eigenvalue weighted by atomic mass is 16.6. The number of benzene rings is 1. The zero-order valence-corrected chi connectivity index (χ0v) is 13.7. The van der Waals surface area contributed by atoms with Crippen LogP contribution in [0.4, 0.5) is 5.69 Å². The molecule has 0 aliphatic heterocycles. The Hall–Kier alpha value is -2.42. The third kappa shape index (κ3) is 6.35. The van der Waals surface area contributed by atoms with Crippen LogP contribution in [0, 0.1) is 10.1 Å². The molecule has 1 aromatic carbocycles. The van der Waals surface area contributed by atoms with Gasteiger partial charge in [-0.05, 0) is 39.7 Å². The molecular formula is C19H23NO2. The Labute approximate surface area is 132 Å². The molecule has 0 unspecified atom stereocenters. The zero-order chi connectivity index (χ0) is 16.7. The molecule has 0 fully saturated rings. The van der Waals surface area contributed by atoms with Crippen LogP contribution in [0.25, 0.3) is 0 Å². The molecule has 0 radical (unpaired) electrons. The number of hydrogen-bond acceptors (Lipinski definition) is 2. The maximum atomic E-state index is 10.6. The van der Waals surface area contributed by atoms with Gasteiger partial charge in [-0.2, -0.15) is 0 Å². The summed E-state index contributed by atoms with van der Waals surface area (Å²) in [5.74, 6) is 0. The molecule has 0 amide bonds. The van der Waals surface area contributed by atoms with Crippen LogP contribution in [-0.2, 0) is 6.42 Å². The average molecular weight is 297 g/mol. The van der Waals surface area contributed by atoms with Crippen molar-refractivity contribution in [1.29, 1.82) is 0 Å². The first-order valence-electron chi connectivity index (χ1n) is 7.20. The van der Waals surface area contributed by atoms with Crippen molar-refractivity contribution >= 4 is 5.69 Å². The number of hydrogen-bond donors (Lipinski definition) is 0. The molecule has 1 rings (SSSR count). The number of allylic oxidation sites excluding steroid dienone is 7. The van der Waals surface area contributed by atoms with Crippen LogP contribution >= 0.6 is 0 Å². The molecule has 116 valence electrons. The quantitative estimate of drug-likeness (QED) is 0.392. The molecule has 0 aliphatic rings. The Morgan fingerprint density at radius 2 is 1.59 bits per heavy atom. The molecule has 0 heterocycles. The molecular weight excluding hydrogens is 274 g/mol. The monoisotopic (exact) mass is 297 g/mol. The summed E-state index contributed by atoms with van der Waals surface area (Å²) in [5, 5.41) is 10.6. The van der Waals surface area contributed by atoms with E-state index >= 15 is 0 Å². The lowest BCUT2D eigenvalue weighted by Gasteiger charge is -2.03. The van der Waals surface area contributed by atoms with Gasteiger partial charge < -0.3 is 0 Å². The molecule has 0 bridgehead atoms. The lowest BCUT2D eigenvalue weighted by molar-refractivity contribution is -0.384. The lowest BCUT2D eigenvalue weighted by atomic mass is 10.0. The van der Waals surface area contributed by atoms with E-state index in [0.29, 0.717) is 0 Å². The van der Waals surface area contributed by atoms with E-state index in [0.717, 1.165) is 17.6 Å². The molecule has 3 nitrogen and oxygen atoms in total. The average Bonchev–Trinajstić information content (AvgIpc) is 2.37. The fourth-order valence-electron chi connectivity index (χ4n) is 2.33. The second-order valence-corrected chi connectivity index (χ2v) is 5.71. The summed E-state index contributed by atoms with van der Waals surface area (Å²) >= 11 is 0. The summed E-state index contributed by atoms with van der Waals surface area (Å²) in [4.78, 5) is 10.3. The number of non-ortho nitro benzene ring substituents is 1. The first-order chi connectivity index (χ1) is 10.3. The van der Waals surface area contributed by atoms with Crippen LogP contribution in [0.15, 0.2) is 71.4 Å². The minimum Gasteiger partial charge on any atom is -0.258 e. The Kier molecular flexibility index (Phi) is 6.51. The predicted molar refractivity (Wildman–Crippen MR) is 92.9 cm³/mol. The van der Waals surface area contributed by atoms with Gasteiger partial charge in [-0.25, -0.2) is 0 Å². The van der Waals surface area contributed by atoms with Gasteiger partial charge in [0.15, 0.2) is 0 Å². The maximum Gasteiger partial charge on any atom is 0.269 e. The number of nitrogens with zero attached hydrogens (tertiary/aromatic N) is 1. The topological polar surface area (TPSA) is 43.1 Å². The van der Waals surface area contributed by atoms with Crippen molar-refractivity contribution in [3.63, 3.8) is 0 Å². The first kappa shape index (κ1) is 17.6. The van der Waals surface area contributed by atoms with E-state index in [1.165, 1.54) is 16.7 Å². The Morgan fingerprint density at radius 3 is 2.09 bits per heavy atom. The van der Waals surface area contributed by atoms with Gasteiger partial charge in [0, 0.05) is 12.1 Å². The maximum absolute atomic E-state index is 10.6. The van der Waals surface area contributed by atoms with E-state index in [2.05, 4.69) is 39.5 Å². The lowest BCUT2D eigenvalue weighted by Crippen LogP contribution is -1.91. The molecule has 0 saturated heterocycles. The first-order valence-corrected chi connectivity index (χ1v) is 7.20. The molecule has 0 spiro atoms. The third-order valence-corrected chi connectivity index (χ3v) is 3.03. The highest BCUT2D eigenvalue weighted by Gasteiger charge is 2.04. The van der Waals surface area contributed by atoms with E-state index in [1.54, 1.807) is 24.3 Å². The van der Waals surface area contributed by atoms with Crippen molar-refractivity contribution in [3.05, 3.63) is 87.0 Å². The highest BCUT2D eigenvalue weighted by Crippen LogP contribution is 2.16. The van der Waals surface area contributed by atoms with Crippen LogP contribution in [0.5, 0.6) is 0 Å². The minimum absolute atomic E-state index is 0.127. The standard InChI is InChI=1S/C19H23NO2/c1-14(2)10-15(3)11-16(4)12-17(5)13-18-6-8-19(9-7-18)20(21)22/h6-12H,1,13H2,2-5H3/b15-10+,16-11+,17-12+.